The van der Waals surface area contributed by atoms with Gasteiger partial charge in [0, 0.05) is 66.3 Å². The van der Waals surface area contributed by atoms with E-state index in [2.05, 4.69) is 22.5 Å². The van der Waals surface area contributed by atoms with Crippen LogP contribution >= 0.6 is 0 Å². The number of guanidine groups is 1. The SMILES string of the molecule is CN=C(N)[NH+]1CC[C@]2(CNCCO)CC[C@H]3[C@@]45C(=C(C(=O)[O-])[C@@]3(O)CO[C@H]3CCC[C@H]6NCCC[C@H]36)C[C@@H](CC[C@H]4C)[C@]25C1. The summed E-state index contributed by atoms with van der Waals surface area (Å²) in [6, 6.07) is 0.448. The van der Waals surface area contributed by atoms with Crippen molar-refractivity contribution >= 4 is 11.9 Å². The zero-order chi connectivity index (χ0) is 30.9. The predicted octanol–water partition coefficient (Wildman–Crippen LogP) is -0.651. The van der Waals surface area contributed by atoms with Gasteiger partial charge in [0.1, 0.15) is 5.60 Å². The average molecular weight is 614 g/mol. The summed E-state index contributed by atoms with van der Waals surface area (Å²) in [5.74, 6) is 0.0774. The maximum Gasteiger partial charge on any atom is 0.293 e. The number of carboxylic acid groups (broad SMARTS) is 1. The molecule has 10 nitrogen and oxygen atoms in total. The fraction of sp³-hybridized carbons (Fsp3) is 0.882. The van der Waals surface area contributed by atoms with Gasteiger partial charge in [0.15, 0.2) is 0 Å². The number of carboxylic acids is 1. The molecular formula is C34H55N5O5. The number of piperidine rings is 2. The van der Waals surface area contributed by atoms with Crippen molar-refractivity contribution in [3.63, 3.8) is 0 Å². The summed E-state index contributed by atoms with van der Waals surface area (Å²) in [4.78, 5) is 18.9. The molecule has 2 bridgehead atoms. The average Bonchev–Trinajstić information content (AvgIpc) is 3.37. The van der Waals surface area contributed by atoms with Gasteiger partial charge in [-0.15, -0.1) is 0 Å². The monoisotopic (exact) mass is 613 g/mol. The molecule has 2 saturated heterocycles. The molecule has 0 amide bonds. The van der Waals surface area contributed by atoms with Crippen molar-refractivity contribution in [2.24, 2.45) is 50.6 Å². The van der Waals surface area contributed by atoms with Crippen LogP contribution in [-0.2, 0) is 9.53 Å². The van der Waals surface area contributed by atoms with E-state index >= 15 is 0 Å². The van der Waals surface area contributed by atoms with Gasteiger partial charge >= 0.3 is 0 Å². The highest BCUT2D eigenvalue weighted by molar-refractivity contribution is 5.90. The first-order valence-electron chi connectivity index (χ1n) is 17.6. The molecule has 2 spiro atoms. The molecule has 5 aliphatic carbocycles. The topological polar surface area (TPSA) is 157 Å². The highest BCUT2D eigenvalue weighted by Crippen LogP contribution is 2.83. The van der Waals surface area contributed by atoms with E-state index in [4.69, 9.17) is 10.5 Å². The first-order chi connectivity index (χ1) is 21.2. The minimum atomic E-state index is -1.58. The second kappa shape index (κ2) is 11.3. The van der Waals surface area contributed by atoms with Gasteiger partial charge in [-0.05, 0) is 82.6 Å². The number of aliphatic imine (C=N–C) groups is 1. The molecule has 10 heteroatoms. The largest absolute Gasteiger partial charge is 0.545 e. The molecule has 0 aromatic carbocycles. The van der Waals surface area contributed by atoms with Gasteiger partial charge in [-0.25, -0.2) is 4.99 Å². The Hall–Kier alpha value is -1.56. The lowest BCUT2D eigenvalue weighted by Gasteiger charge is -2.70. The number of nitrogens with one attached hydrogen (secondary N) is 3. The second-order valence-corrected chi connectivity index (χ2v) is 15.6. The van der Waals surface area contributed by atoms with E-state index in [0.717, 1.165) is 96.0 Å². The molecule has 44 heavy (non-hydrogen) atoms. The zero-order valence-electron chi connectivity index (χ0n) is 26.8. The van der Waals surface area contributed by atoms with Gasteiger partial charge in [0.05, 0.1) is 38.4 Å². The van der Waals surface area contributed by atoms with Gasteiger partial charge in [0.25, 0.3) is 5.96 Å². The highest BCUT2D eigenvalue weighted by Gasteiger charge is 2.84. The van der Waals surface area contributed by atoms with Crippen LogP contribution in [0.25, 0.3) is 0 Å². The van der Waals surface area contributed by atoms with E-state index in [9.17, 15) is 20.1 Å². The minimum absolute atomic E-state index is 0.0263. The Morgan fingerprint density at radius 1 is 1.20 bits per heavy atom. The number of allylic oxidation sites excluding steroid dienone is 1. The minimum Gasteiger partial charge on any atom is -0.545 e. The number of nitrogens with zero attached hydrogens (tertiary/aromatic N) is 1. The fourth-order valence-corrected chi connectivity index (χ4v) is 13.1. The molecule has 7 rings (SSSR count). The molecular weight excluding hydrogens is 558 g/mol. The van der Waals surface area contributed by atoms with Crippen LogP contribution in [0.15, 0.2) is 16.1 Å². The summed E-state index contributed by atoms with van der Waals surface area (Å²) in [5.41, 5.74) is 5.28. The molecule has 0 aromatic heterocycles. The lowest BCUT2D eigenvalue weighted by atomic mass is 9.34. The van der Waals surface area contributed by atoms with Crippen LogP contribution in [-0.4, -0.2) is 92.9 Å². The maximum absolute atomic E-state index is 13.3. The lowest BCUT2D eigenvalue weighted by molar-refractivity contribution is -0.832. The Kier molecular flexibility index (Phi) is 7.98. The third kappa shape index (κ3) is 4.00. The van der Waals surface area contributed by atoms with Crippen LogP contribution in [0.5, 0.6) is 0 Å². The number of quaternary nitrogens is 1. The van der Waals surface area contributed by atoms with Crippen molar-refractivity contribution in [3.8, 4) is 0 Å². The van der Waals surface area contributed by atoms with Crippen molar-refractivity contribution in [1.82, 2.24) is 10.6 Å². The van der Waals surface area contributed by atoms with Crippen LogP contribution in [0.3, 0.4) is 0 Å². The summed E-state index contributed by atoms with van der Waals surface area (Å²) < 4.78 is 6.76. The third-order valence-corrected chi connectivity index (χ3v) is 14.4. The molecule has 0 aromatic rings. The summed E-state index contributed by atoms with van der Waals surface area (Å²) in [5, 5.41) is 43.3. The molecule has 0 radical (unpaired) electrons. The number of aliphatic carboxylic acids is 1. The van der Waals surface area contributed by atoms with Gasteiger partial charge in [0.2, 0.25) is 0 Å². The molecule has 4 saturated carbocycles. The number of nitrogens with two attached hydrogens (primary N) is 1. The first kappa shape index (κ1) is 31.1. The number of carbonyl (C=O) groups is 1. The Morgan fingerprint density at radius 3 is 2.82 bits per heavy atom. The van der Waals surface area contributed by atoms with Crippen molar-refractivity contribution in [2.75, 3.05) is 53.0 Å². The van der Waals surface area contributed by atoms with E-state index in [0.29, 0.717) is 36.8 Å². The van der Waals surface area contributed by atoms with Crippen LogP contribution < -0.4 is 26.4 Å². The zero-order valence-corrected chi connectivity index (χ0v) is 26.8. The number of aliphatic hydroxyl groups is 2. The van der Waals surface area contributed by atoms with E-state index in [1.165, 1.54) is 4.90 Å². The number of carbonyl (C=O) groups excluding carboxylic acids is 1. The number of hydrogen-bond acceptors (Lipinski definition) is 8. The number of fused-ring (bicyclic) bond motifs is 1. The van der Waals surface area contributed by atoms with Crippen LogP contribution in [0.1, 0.15) is 77.6 Å². The molecule has 2 heterocycles. The van der Waals surface area contributed by atoms with Crippen molar-refractivity contribution in [3.05, 3.63) is 11.1 Å². The Morgan fingerprint density at radius 2 is 2.05 bits per heavy atom. The molecule has 1 unspecified atom stereocenters. The van der Waals surface area contributed by atoms with Crippen molar-refractivity contribution in [2.45, 2.75) is 95.3 Å². The Labute approximate surface area is 262 Å². The van der Waals surface area contributed by atoms with Crippen LogP contribution in [0, 0.1) is 39.9 Å². The summed E-state index contributed by atoms with van der Waals surface area (Å²) in [6.07, 6.45) is 10.9. The van der Waals surface area contributed by atoms with Crippen molar-refractivity contribution in [1.29, 1.82) is 0 Å². The lowest BCUT2D eigenvalue weighted by Crippen LogP contribution is -3.19. The fourth-order valence-electron chi connectivity index (χ4n) is 13.1. The number of aliphatic hydroxyl groups excluding tert-OH is 1. The number of ether oxygens (including phenoxy) is 1. The van der Waals surface area contributed by atoms with Crippen LogP contribution in [0.2, 0.25) is 0 Å². The molecule has 11 atom stereocenters. The third-order valence-electron chi connectivity index (χ3n) is 14.4. The predicted molar refractivity (Wildman–Crippen MR) is 164 cm³/mol. The van der Waals surface area contributed by atoms with Crippen LogP contribution in [0.4, 0.5) is 0 Å². The Bertz CT molecular complexity index is 1210. The van der Waals surface area contributed by atoms with Gasteiger partial charge in [-0.3, -0.25) is 4.90 Å². The normalized spacial score (nSPS) is 48.1. The van der Waals surface area contributed by atoms with Gasteiger partial charge in [-0.2, -0.15) is 0 Å². The number of hydrogen-bond donors (Lipinski definition) is 6. The molecule has 246 valence electrons. The standard InChI is InChI=1S/C34H55N5O5/c1-21-8-9-22-17-24-28(29(41)42)32(43,20-44-26-7-3-6-25-23(26)5-4-13-38-25)27-10-11-31(18-37-14-16-40)12-15-39(30(35)36-2)19-33(22,31)34(21,24)27/h21-23,25-27,37-38,40,43H,3-20H2,1-2H3,(H2,35,36)(H,41,42)/t21-,22-,23+,25-,26+,27-,31+,32-,33-,34+/m1/s1. The van der Waals surface area contributed by atoms with E-state index in [1.807, 2.05) is 0 Å². The summed E-state index contributed by atoms with van der Waals surface area (Å²) in [7, 11) is 1.76. The molecule has 2 aliphatic heterocycles. The van der Waals surface area contributed by atoms with E-state index in [1.54, 1.807) is 7.05 Å². The van der Waals surface area contributed by atoms with E-state index < -0.39 is 17.0 Å². The van der Waals surface area contributed by atoms with Gasteiger partial charge in [-0.1, -0.05) is 12.5 Å². The Balaban J connectivity index is 1.33. The molecule has 7 aliphatic rings. The summed E-state index contributed by atoms with van der Waals surface area (Å²) >= 11 is 0. The number of rotatable bonds is 8. The van der Waals surface area contributed by atoms with E-state index in [-0.39, 0.29) is 47.6 Å². The first-order valence-corrected chi connectivity index (χ1v) is 17.6. The summed E-state index contributed by atoms with van der Waals surface area (Å²) in [6.45, 7) is 6.46. The smallest absolute Gasteiger partial charge is 0.293 e. The molecule has 6 fully saturated rings. The van der Waals surface area contributed by atoms with Crippen molar-refractivity contribution < 1.29 is 29.8 Å². The number of likely N-dealkylation sites (tertiary alicyclic amines) is 1. The highest BCUT2D eigenvalue weighted by atomic mass is 16.5. The second-order valence-electron chi connectivity index (χ2n) is 15.6. The quantitative estimate of drug-likeness (QED) is 0.120. The molecule has 7 N–H and O–H groups in total. The maximum atomic E-state index is 13.3. The van der Waals surface area contributed by atoms with Gasteiger partial charge < -0.3 is 41.2 Å².